The number of nitrogens with one attached hydrogen (secondary N) is 1. The number of unbranched alkanes of at least 4 members (excludes halogenated alkanes) is 1. The summed E-state index contributed by atoms with van der Waals surface area (Å²) in [7, 11) is 1.80. The van der Waals surface area contributed by atoms with E-state index >= 15 is 0 Å². The number of pyridine rings is 1. The van der Waals surface area contributed by atoms with Crippen molar-refractivity contribution in [1.82, 2.24) is 4.98 Å². The molecule has 0 bridgehead atoms. The lowest BCUT2D eigenvalue weighted by Crippen LogP contribution is -2.23. The second kappa shape index (κ2) is 8.48. The maximum absolute atomic E-state index is 12.2. The van der Waals surface area contributed by atoms with Crippen LogP contribution in [0.25, 0.3) is 0 Å². The van der Waals surface area contributed by atoms with Gasteiger partial charge in [-0.1, -0.05) is 24.9 Å². The van der Waals surface area contributed by atoms with Gasteiger partial charge in [0.2, 0.25) is 0 Å². The van der Waals surface area contributed by atoms with E-state index in [4.69, 9.17) is 11.6 Å². The minimum absolute atomic E-state index is 0.0486. The molecule has 132 valence electrons. The van der Waals surface area contributed by atoms with Crippen molar-refractivity contribution in [1.29, 1.82) is 0 Å². The number of aromatic nitrogens is 1. The van der Waals surface area contributed by atoms with Crippen molar-refractivity contribution in [3.8, 4) is 0 Å². The zero-order valence-corrected chi connectivity index (χ0v) is 14.9. The van der Waals surface area contributed by atoms with Crippen LogP contribution >= 0.6 is 11.6 Å². The maximum Gasteiger partial charge on any atom is 0.339 e. The Morgan fingerprint density at radius 2 is 1.96 bits per heavy atom. The van der Waals surface area contributed by atoms with Crippen molar-refractivity contribution < 1.29 is 14.7 Å². The predicted molar refractivity (Wildman–Crippen MR) is 98.8 cm³/mol. The maximum atomic E-state index is 12.2. The summed E-state index contributed by atoms with van der Waals surface area (Å²) in [5, 5.41) is 12.6. The Morgan fingerprint density at radius 1 is 1.28 bits per heavy atom. The third kappa shape index (κ3) is 4.93. The molecule has 0 unspecified atom stereocenters. The number of carboxylic acids is 1. The summed E-state index contributed by atoms with van der Waals surface area (Å²) in [6.45, 7) is 2.77. The highest BCUT2D eigenvalue weighted by Crippen LogP contribution is 2.21. The van der Waals surface area contributed by atoms with Gasteiger partial charge in [0, 0.05) is 24.2 Å². The average Bonchev–Trinajstić information content (AvgIpc) is 2.60. The second-order valence-corrected chi connectivity index (χ2v) is 6.07. The number of benzene rings is 1. The number of hydrogen-bond donors (Lipinski definition) is 2. The minimum atomic E-state index is -1.09. The fraction of sp³-hybridized carbons (Fsp3) is 0.278. The lowest BCUT2D eigenvalue weighted by Gasteiger charge is -2.20. The third-order valence-electron chi connectivity index (χ3n) is 3.67. The van der Waals surface area contributed by atoms with E-state index in [2.05, 4.69) is 17.2 Å². The molecule has 0 saturated heterocycles. The number of halogens is 1. The lowest BCUT2D eigenvalue weighted by atomic mass is 10.2. The minimum Gasteiger partial charge on any atom is -0.478 e. The van der Waals surface area contributed by atoms with Gasteiger partial charge in [-0.25, -0.2) is 9.78 Å². The topological polar surface area (TPSA) is 82.5 Å². The van der Waals surface area contributed by atoms with Crippen molar-refractivity contribution >= 4 is 35.0 Å². The van der Waals surface area contributed by atoms with E-state index in [1.807, 2.05) is 0 Å². The van der Waals surface area contributed by atoms with Crippen molar-refractivity contribution in [3.05, 3.63) is 52.7 Å². The van der Waals surface area contributed by atoms with Gasteiger partial charge in [-0.05, 0) is 36.8 Å². The van der Waals surface area contributed by atoms with E-state index in [0.29, 0.717) is 28.6 Å². The molecule has 2 N–H and O–H groups in total. The molecule has 0 fully saturated rings. The van der Waals surface area contributed by atoms with E-state index in [1.54, 1.807) is 36.2 Å². The molecule has 25 heavy (non-hydrogen) atoms. The summed E-state index contributed by atoms with van der Waals surface area (Å²) in [5.74, 6) is -1.07. The molecule has 1 amide bonds. The molecule has 0 spiro atoms. The van der Waals surface area contributed by atoms with Gasteiger partial charge in [-0.3, -0.25) is 4.79 Å². The first-order chi connectivity index (χ1) is 11.9. The summed E-state index contributed by atoms with van der Waals surface area (Å²) in [6.07, 6.45) is 3.40. The van der Waals surface area contributed by atoms with Crippen LogP contribution in [0.15, 0.2) is 36.5 Å². The van der Waals surface area contributed by atoms with Gasteiger partial charge in [-0.2, -0.15) is 0 Å². The van der Waals surface area contributed by atoms with Gasteiger partial charge in [0.15, 0.2) is 0 Å². The average molecular weight is 362 g/mol. The number of hydrogen-bond acceptors (Lipinski definition) is 4. The Morgan fingerprint density at radius 3 is 2.56 bits per heavy atom. The molecule has 2 rings (SSSR count). The van der Waals surface area contributed by atoms with Gasteiger partial charge in [0.25, 0.3) is 5.91 Å². The first-order valence-corrected chi connectivity index (χ1v) is 8.31. The fourth-order valence-corrected chi connectivity index (χ4v) is 2.42. The Hall–Kier alpha value is -2.60. The number of anilines is 2. The van der Waals surface area contributed by atoms with Crippen molar-refractivity contribution in [3.63, 3.8) is 0 Å². The van der Waals surface area contributed by atoms with Gasteiger partial charge in [0.1, 0.15) is 11.4 Å². The molecule has 1 aromatic heterocycles. The highest BCUT2D eigenvalue weighted by molar-refractivity contribution is 6.30. The number of amides is 1. The Bertz CT molecular complexity index is 763. The quantitative estimate of drug-likeness (QED) is 0.781. The normalized spacial score (nSPS) is 10.4. The molecule has 0 radical (unpaired) electrons. The molecular weight excluding hydrogens is 342 g/mol. The molecule has 0 saturated carbocycles. The van der Waals surface area contributed by atoms with Crippen molar-refractivity contribution in [2.75, 3.05) is 23.8 Å². The fourth-order valence-electron chi connectivity index (χ4n) is 2.29. The first kappa shape index (κ1) is 18.7. The molecule has 2 aromatic rings. The largest absolute Gasteiger partial charge is 0.478 e. The van der Waals surface area contributed by atoms with Crippen LogP contribution in [-0.4, -0.2) is 35.6 Å². The smallest absolute Gasteiger partial charge is 0.339 e. The molecule has 0 aliphatic carbocycles. The summed E-state index contributed by atoms with van der Waals surface area (Å²) in [5.41, 5.74) is 0.794. The predicted octanol–water partition coefficient (Wildman–Crippen LogP) is 3.92. The van der Waals surface area contributed by atoms with Crippen LogP contribution in [-0.2, 0) is 0 Å². The van der Waals surface area contributed by atoms with Crippen LogP contribution in [0, 0.1) is 0 Å². The van der Waals surface area contributed by atoms with Gasteiger partial charge < -0.3 is 15.3 Å². The van der Waals surface area contributed by atoms with E-state index in [-0.39, 0.29) is 11.5 Å². The van der Waals surface area contributed by atoms with Crippen LogP contribution in [0.3, 0.4) is 0 Å². The van der Waals surface area contributed by atoms with Crippen LogP contribution < -0.4 is 10.2 Å². The second-order valence-electron chi connectivity index (χ2n) is 5.64. The Kier molecular flexibility index (Phi) is 6.36. The third-order valence-corrected chi connectivity index (χ3v) is 3.92. The van der Waals surface area contributed by atoms with E-state index in [1.165, 1.54) is 12.3 Å². The number of nitrogens with zero attached hydrogens (tertiary/aromatic N) is 2. The van der Waals surface area contributed by atoms with Gasteiger partial charge >= 0.3 is 5.97 Å². The number of carboxylic acid groups (broad SMARTS) is 1. The highest BCUT2D eigenvalue weighted by atomic mass is 35.5. The molecular formula is C18H20ClN3O3. The molecule has 0 atom stereocenters. The first-order valence-electron chi connectivity index (χ1n) is 7.93. The van der Waals surface area contributed by atoms with Crippen LogP contribution in [0.5, 0.6) is 0 Å². The molecule has 0 aliphatic rings. The van der Waals surface area contributed by atoms with Gasteiger partial charge in [-0.15, -0.1) is 0 Å². The van der Waals surface area contributed by atoms with E-state index in [9.17, 15) is 14.7 Å². The van der Waals surface area contributed by atoms with Crippen LogP contribution in [0.1, 0.15) is 40.5 Å². The summed E-state index contributed by atoms with van der Waals surface area (Å²) < 4.78 is 0. The highest BCUT2D eigenvalue weighted by Gasteiger charge is 2.17. The Labute approximate surface area is 151 Å². The Balaban J connectivity index is 2.22. The lowest BCUT2D eigenvalue weighted by molar-refractivity contribution is 0.0697. The van der Waals surface area contributed by atoms with Crippen LogP contribution in [0.4, 0.5) is 11.5 Å². The van der Waals surface area contributed by atoms with Crippen molar-refractivity contribution in [2.24, 2.45) is 0 Å². The number of carbonyl (C=O) groups excluding carboxylic acids is 1. The number of aromatic carboxylic acids is 1. The molecule has 6 nitrogen and oxygen atoms in total. The molecule has 7 heteroatoms. The standard InChI is InChI=1S/C18H20ClN3O3/c1-3-4-9-22(2)16-15(18(24)25)10-14(11-20-16)21-17(23)12-5-7-13(19)8-6-12/h5-8,10-11H,3-4,9H2,1-2H3,(H,21,23)(H,24,25). The van der Waals surface area contributed by atoms with Crippen molar-refractivity contribution in [2.45, 2.75) is 19.8 Å². The zero-order chi connectivity index (χ0) is 18.4. The number of carbonyl (C=O) groups is 2. The zero-order valence-electron chi connectivity index (χ0n) is 14.1. The summed E-state index contributed by atoms with van der Waals surface area (Å²) in [6, 6.07) is 7.83. The molecule has 0 aliphatic heterocycles. The van der Waals surface area contributed by atoms with E-state index in [0.717, 1.165) is 12.8 Å². The molecule has 1 heterocycles. The number of rotatable bonds is 7. The summed E-state index contributed by atoms with van der Waals surface area (Å²) in [4.78, 5) is 29.8. The van der Waals surface area contributed by atoms with Crippen LogP contribution in [0.2, 0.25) is 5.02 Å². The van der Waals surface area contributed by atoms with Gasteiger partial charge in [0.05, 0.1) is 11.9 Å². The molecule has 1 aromatic carbocycles. The van der Waals surface area contributed by atoms with E-state index < -0.39 is 5.97 Å². The summed E-state index contributed by atoms with van der Waals surface area (Å²) >= 11 is 5.80. The SMILES string of the molecule is CCCCN(C)c1ncc(NC(=O)c2ccc(Cl)cc2)cc1C(=O)O. The monoisotopic (exact) mass is 361 g/mol.